The maximum atomic E-state index is 12.6. The third-order valence-electron chi connectivity index (χ3n) is 3.99. The Kier molecular flexibility index (Phi) is 4.76. The number of anilines is 1. The topological polar surface area (TPSA) is 65.2 Å². The van der Waals surface area contributed by atoms with Crippen LogP contribution in [0.1, 0.15) is 15.9 Å². The molecule has 3 rings (SSSR count). The summed E-state index contributed by atoms with van der Waals surface area (Å²) in [7, 11) is 3.86. The van der Waals surface area contributed by atoms with E-state index in [1.807, 2.05) is 43.3 Å². The molecule has 2 aromatic carbocycles. The second-order valence-electron chi connectivity index (χ2n) is 5.96. The summed E-state index contributed by atoms with van der Waals surface area (Å²) < 4.78 is 0. The molecule has 0 aliphatic carbocycles. The highest BCUT2D eigenvalue weighted by Crippen LogP contribution is 2.17. The van der Waals surface area contributed by atoms with Crippen molar-refractivity contribution in [2.24, 2.45) is 0 Å². The van der Waals surface area contributed by atoms with Crippen LogP contribution in [0.4, 0.5) is 5.69 Å². The van der Waals surface area contributed by atoms with Crippen molar-refractivity contribution >= 4 is 34.1 Å². The summed E-state index contributed by atoms with van der Waals surface area (Å²) in [6, 6.07) is 12.6. The highest BCUT2D eigenvalue weighted by atomic mass is 35.5. The molecule has 2 N–H and O–H groups in total. The zero-order valence-corrected chi connectivity index (χ0v) is 14.7. The zero-order valence-electron chi connectivity index (χ0n) is 14.0. The van der Waals surface area contributed by atoms with E-state index < -0.39 is 5.91 Å². The maximum Gasteiger partial charge on any atom is 0.257 e. The van der Waals surface area contributed by atoms with E-state index in [0.29, 0.717) is 22.5 Å². The van der Waals surface area contributed by atoms with Gasteiger partial charge >= 0.3 is 0 Å². The molecular formula is C19H18ClN3O2. The second-order valence-corrected chi connectivity index (χ2v) is 6.40. The standard InChI is InChI=1S/C19H18ClN3O2/c1-23(2)14-7-8-15-17(9-14)21-11-16(18(15)24)19(25)22-10-12-3-5-13(20)6-4-12/h3-9,11H,10H2,1-2H3,(H,21,24)(H,22,25). The number of aromatic amines is 1. The summed E-state index contributed by atoms with van der Waals surface area (Å²) in [6.45, 7) is 0.326. The van der Waals surface area contributed by atoms with Gasteiger partial charge in [-0.1, -0.05) is 23.7 Å². The number of rotatable bonds is 4. The molecule has 3 aromatic rings. The number of amides is 1. The third-order valence-corrected chi connectivity index (χ3v) is 4.24. The fraction of sp³-hybridized carbons (Fsp3) is 0.158. The predicted molar refractivity (Wildman–Crippen MR) is 102 cm³/mol. The first-order valence-corrected chi connectivity index (χ1v) is 8.19. The molecule has 25 heavy (non-hydrogen) atoms. The van der Waals surface area contributed by atoms with Gasteiger partial charge in [0, 0.05) is 42.9 Å². The predicted octanol–water partition coefficient (Wildman–Crippen LogP) is 3.18. The summed E-state index contributed by atoms with van der Waals surface area (Å²) in [5.74, 6) is -0.408. The molecule has 128 valence electrons. The van der Waals surface area contributed by atoms with Crippen molar-refractivity contribution in [3.05, 3.63) is 75.0 Å². The van der Waals surface area contributed by atoms with Crippen LogP contribution in [0.3, 0.4) is 0 Å². The summed E-state index contributed by atoms with van der Waals surface area (Å²) in [6.07, 6.45) is 1.46. The molecule has 0 radical (unpaired) electrons. The fourth-order valence-corrected chi connectivity index (χ4v) is 2.66. The quantitative estimate of drug-likeness (QED) is 0.755. The third kappa shape index (κ3) is 3.67. The molecule has 0 saturated heterocycles. The zero-order chi connectivity index (χ0) is 18.0. The van der Waals surface area contributed by atoms with Crippen LogP contribution in [-0.4, -0.2) is 25.0 Å². The lowest BCUT2D eigenvalue weighted by atomic mass is 10.1. The van der Waals surface area contributed by atoms with E-state index in [9.17, 15) is 9.59 Å². The van der Waals surface area contributed by atoms with Crippen LogP contribution >= 0.6 is 11.6 Å². The van der Waals surface area contributed by atoms with Crippen LogP contribution < -0.4 is 15.6 Å². The van der Waals surface area contributed by atoms with Crippen LogP contribution in [0.2, 0.25) is 5.02 Å². The highest BCUT2D eigenvalue weighted by Gasteiger charge is 2.13. The normalized spacial score (nSPS) is 10.7. The molecule has 0 spiro atoms. The SMILES string of the molecule is CN(C)c1ccc2c(=O)c(C(=O)NCc3ccc(Cl)cc3)c[nH]c2c1. The van der Waals surface area contributed by atoms with Gasteiger partial charge in [0.15, 0.2) is 0 Å². The number of hydrogen-bond donors (Lipinski definition) is 2. The molecule has 0 aliphatic rings. The largest absolute Gasteiger partial charge is 0.378 e. The number of fused-ring (bicyclic) bond motifs is 1. The van der Waals surface area contributed by atoms with Gasteiger partial charge in [0.2, 0.25) is 5.43 Å². The smallest absolute Gasteiger partial charge is 0.257 e. The molecule has 0 aliphatic heterocycles. The molecule has 0 bridgehead atoms. The molecule has 5 nitrogen and oxygen atoms in total. The number of pyridine rings is 1. The molecule has 0 atom stereocenters. The number of nitrogens with one attached hydrogen (secondary N) is 2. The molecule has 1 amide bonds. The summed E-state index contributed by atoms with van der Waals surface area (Å²) in [5.41, 5.74) is 2.39. The van der Waals surface area contributed by atoms with Crippen LogP contribution in [0.5, 0.6) is 0 Å². The lowest BCUT2D eigenvalue weighted by Gasteiger charge is -2.13. The first-order valence-electron chi connectivity index (χ1n) is 7.81. The Bertz CT molecular complexity index is 978. The lowest BCUT2D eigenvalue weighted by Crippen LogP contribution is -2.28. The first kappa shape index (κ1) is 17.0. The van der Waals surface area contributed by atoms with E-state index in [0.717, 1.165) is 11.3 Å². The van der Waals surface area contributed by atoms with Gasteiger partial charge < -0.3 is 15.2 Å². The number of carbonyl (C=O) groups is 1. The van der Waals surface area contributed by atoms with Crippen LogP contribution in [0, 0.1) is 0 Å². The van der Waals surface area contributed by atoms with Crippen molar-refractivity contribution in [2.45, 2.75) is 6.54 Å². The van der Waals surface area contributed by atoms with Crippen molar-refractivity contribution in [1.29, 1.82) is 0 Å². The monoisotopic (exact) mass is 355 g/mol. The number of halogens is 1. The average molecular weight is 356 g/mol. The Morgan fingerprint density at radius 2 is 1.88 bits per heavy atom. The molecule has 1 heterocycles. The molecule has 0 unspecified atom stereocenters. The van der Waals surface area contributed by atoms with Crippen molar-refractivity contribution in [3.63, 3.8) is 0 Å². The Morgan fingerprint density at radius 1 is 1.16 bits per heavy atom. The van der Waals surface area contributed by atoms with E-state index in [1.54, 1.807) is 18.2 Å². The number of nitrogens with zero attached hydrogens (tertiary/aromatic N) is 1. The van der Waals surface area contributed by atoms with Crippen LogP contribution in [0.15, 0.2) is 53.5 Å². The fourth-order valence-electron chi connectivity index (χ4n) is 2.54. The molecule has 1 aromatic heterocycles. The van der Waals surface area contributed by atoms with E-state index in [1.165, 1.54) is 6.20 Å². The summed E-state index contributed by atoms with van der Waals surface area (Å²) in [4.78, 5) is 29.9. The summed E-state index contributed by atoms with van der Waals surface area (Å²) >= 11 is 5.84. The molecular weight excluding hydrogens is 338 g/mol. The minimum Gasteiger partial charge on any atom is -0.378 e. The minimum atomic E-state index is -0.408. The first-order chi connectivity index (χ1) is 12.0. The second kappa shape index (κ2) is 6.99. The Balaban J connectivity index is 1.84. The van der Waals surface area contributed by atoms with Crippen molar-refractivity contribution in [3.8, 4) is 0 Å². The van der Waals surface area contributed by atoms with Crippen molar-refractivity contribution in [2.75, 3.05) is 19.0 Å². The van der Waals surface area contributed by atoms with Gasteiger partial charge in [-0.05, 0) is 35.9 Å². The van der Waals surface area contributed by atoms with Gasteiger partial charge in [0.05, 0.1) is 5.52 Å². The van der Waals surface area contributed by atoms with Crippen molar-refractivity contribution < 1.29 is 4.79 Å². The van der Waals surface area contributed by atoms with Gasteiger partial charge in [0.25, 0.3) is 5.91 Å². The van der Waals surface area contributed by atoms with E-state index in [4.69, 9.17) is 11.6 Å². The Hall–Kier alpha value is -2.79. The highest BCUT2D eigenvalue weighted by molar-refractivity contribution is 6.30. The van der Waals surface area contributed by atoms with E-state index >= 15 is 0 Å². The number of aromatic nitrogens is 1. The lowest BCUT2D eigenvalue weighted by molar-refractivity contribution is 0.0949. The summed E-state index contributed by atoms with van der Waals surface area (Å²) in [5, 5.41) is 3.89. The van der Waals surface area contributed by atoms with Gasteiger partial charge in [-0.3, -0.25) is 9.59 Å². The number of H-pyrrole nitrogens is 1. The number of hydrogen-bond acceptors (Lipinski definition) is 3. The van der Waals surface area contributed by atoms with Gasteiger partial charge in [-0.2, -0.15) is 0 Å². The van der Waals surface area contributed by atoms with Gasteiger partial charge in [-0.25, -0.2) is 0 Å². The molecule has 0 saturated carbocycles. The molecule has 0 fully saturated rings. The maximum absolute atomic E-state index is 12.6. The van der Waals surface area contributed by atoms with Crippen molar-refractivity contribution in [1.82, 2.24) is 10.3 Å². The number of carbonyl (C=O) groups excluding carboxylic acids is 1. The Morgan fingerprint density at radius 3 is 2.56 bits per heavy atom. The van der Waals surface area contributed by atoms with E-state index in [-0.39, 0.29) is 11.0 Å². The van der Waals surface area contributed by atoms with Gasteiger partial charge in [0.1, 0.15) is 5.56 Å². The number of benzene rings is 2. The van der Waals surface area contributed by atoms with Crippen LogP contribution in [0.25, 0.3) is 10.9 Å². The average Bonchev–Trinajstić information content (AvgIpc) is 2.61. The van der Waals surface area contributed by atoms with Gasteiger partial charge in [-0.15, -0.1) is 0 Å². The van der Waals surface area contributed by atoms with E-state index in [2.05, 4.69) is 10.3 Å². The van der Waals surface area contributed by atoms with Crippen LogP contribution in [-0.2, 0) is 6.54 Å². The Labute approximate surface area is 150 Å². The minimum absolute atomic E-state index is 0.0964. The molecule has 6 heteroatoms.